The number of likely N-dealkylation sites (N-methyl/N-ethyl adjacent to an activating group) is 1. The predicted molar refractivity (Wildman–Crippen MR) is 162 cm³/mol. The number of fused-ring (bicyclic) bond motifs is 2. The van der Waals surface area contributed by atoms with Gasteiger partial charge in [0.1, 0.15) is 18.2 Å². The first-order chi connectivity index (χ1) is 19.8. The number of ether oxygens (including phenoxy) is 1. The van der Waals surface area contributed by atoms with Gasteiger partial charge in [-0.3, -0.25) is 4.79 Å². The maximum Gasteiger partial charge on any atom is 0.318 e. The minimum Gasteiger partial charge on any atom is -0.508 e. The van der Waals surface area contributed by atoms with Crippen LogP contribution in [-0.2, 0) is 17.6 Å². The molecule has 0 saturated carbocycles. The molecule has 1 unspecified atom stereocenters. The van der Waals surface area contributed by atoms with E-state index in [0.717, 1.165) is 49.1 Å². The molecule has 6 rings (SSSR count). The van der Waals surface area contributed by atoms with Gasteiger partial charge in [0.2, 0.25) is 5.91 Å². The molecule has 3 aromatic rings. The Kier molecular flexibility index (Phi) is 7.60. The molecule has 0 bridgehead atoms. The third-order valence-electron chi connectivity index (χ3n) is 9.28. The van der Waals surface area contributed by atoms with Crippen LogP contribution in [0.5, 0.6) is 11.8 Å². The van der Waals surface area contributed by atoms with Crippen LogP contribution in [0.2, 0.25) is 0 Å². The molecule has 0 spiro atoms. The van der Waals surface area contributed by atoms with Gasteiger partial charge in [0.25, 0.3) is 0 Å². The summed E-state index contributed by atoms with van der Waals surface area (Å²) in [6, 6.07) is 13.0. The van der Waals surface area contributed by atoms with Gasteiger partial charge in [0.15, 0.2) is 0 Å². The molecule has 1 aromatic heterocycles. The number of nitrogens with zero attached hydrogens (tertiary/aromatic N) is 5. The Morgan fingerprint density at radius 1 is 1.15 bits per heavy atom. The molecule has 2 aliphatic heterocycles. The van der Waals surface area contributed by atoms with Gasteiger partial charge in [-0.25, -0.2) is 0 Å². The Balaban J connectivity index is 1.36. The highest BCUT2D eigenvalue weighted by atomic mass is 16.5. The quantitative estimate of drug-likeness (QED) is 0.442. The fraction of sp³-hybridized carbons (Fsp3) is 0.485. The molecule has 8 nitrogen and oxygen atoms in total. The van der Waals surface area contributed by atoms with Crippen LogP contribution >= 0.6 is 0 Å². The number of hydrogen-bond donors (Lipinski definition) is 1. The standard InChI is InChI=1S/C33H41N5O3/c1-5-31(40)37-18-21(2)38(22(3)19-37)32-28-13-12-24(29-17-26(39)15-23-9-6-7-11-27(23)29)16-30(28)34-33(35-32)41-20-25-10-8-14-36(25)4/h5-7,9,11,15,17,21-22,24-25,39H,1,8,10,12-14,16,18-20H2,2-4H3/t21-,22-,24?,25-/m0/s1. The lowest BCUT2D eigenvalue weighted by molar-refractivity contribution is -0.127. The van der Waals surface area contributed by atoms with Crippen molar-refractivity contribution in [1.82, 2.24) is 19.8 Å². The van der Waals surface area contributed by atoms with E-state index in [1.165, 1.54) is 29.0 Å². The number of anilines is 1. The van der Waals surface area contributed by atoms with Crippen molar-refractivity contribution in [2.75, 3.05) is 38.2 Å². The molecule has 3 aliphatic rings. The highest BCUT2D eigenvalue weighted by molar-refractivity contribution is 5.88. The van der Waals surface area contributed by atoms with Crippen LogP contribution in [0.4, 0.5) is 5.82 Å². The zero-order chi connectivity index (χ0) is 28.7. The summed E-state index contributed by atoms with van der Waals surface area (Å²) >= 11 is 0. The van der Waals surface area contributed by atoms with Crippen LogP contribution in [-0.4, -0.2) is 82.2 Å². The number of phenols is 1. The van der Waals surface area contributed by atoms with Crippen molar-refractivity contribution in [1.29, 1.82) is 0 Å². The fourth-order valence-electron chi connectivity index (χ4n) is 7.19. The minimum absolute atomic E-state index is 0.0287. The lowest BCUT2D eigenvalue weighted by atomic mass is 9.80. The van der Waals surface area contributed by atoms with Crippen molar-refractivity contribution in [3.63, 3.8) is 0 Å². The average molecular weight is 556 g/mol. The topological polar surface area (TPSA) is 82.0 Å². The van der Waals surface area contributed by atoms with Gasteiger partial charge in [0.05, 0.1) is 5.69 Å². The van der Waals surface area contributed by atoms with Crippen molar-refractivity contribution < 1.29 is 14.6 Å². The first-order valence-electron chi connectivity index (χ1n) is 15.0. The third-order valence-corrected chi connectivity index (χ3v) is 9.28. The number of carbonyl (C=O) groups is 1. The number of amides is 1. The molecule has 3 heterocycles. The highest BCUT2D eigenvalue weighted by Gasteiger charge is 2.36. The van der Waals surface area contributed by atoms with Gasteiger partial charge in [-0.2, -0.15) is 9.97 Å². The van der Waals surface area contributed by atoms with Gasteiger partial charge in [-0.05, 0) is 100 Å². The Labute approximate surface area is 242 Å². The summed E-state index contributed by atoms with van der Waals surface area (Å²) in [7, 11) is 2.15. The number of piperazine rings is 1. The number of aromatic nitrogens is 2. The third kappa shape index (κ3) is 5.37. The second-order valence-corrected chi connectivity index (χ2v) is 12.1. The van der Waals surface area contributed by atoms with E-state index < -0.39 is 0 Å². The summed E-state index contributed by atoms with van der Waals surface area (Å²) < 4.78 is 6.33. The van der Waals surface area contributed by atoms with Crippen LogP contribution in [0, 0.1) is 0 Å². The maximum absolute atomic E-state index is 12.4. The van der Waals surface area contributed by atoms with Crippen LogP contribution in [0.25, 0.3) is 10.8 Å². The summed E-state index contributed by atoms with van der Waals surface area (Å²) in [5.74, 6) is 1.44. The van der Waals surface area contributed by atoms with E-state index >= 15 is 0 Å². The van der Waals surface area contributed by atoms with E-state index in [9.17, 15) is 9.90 Å². The first kappa shape index (κ1) is 27.5. The monoisotopic (exact) mass is 555 g/mol. The van der Waals surface area contributed by atoms with Crippen molar-refractivity contribution in [3.05, 3.63) is 65.9 Å². The number of likely N-dealkylation sites (tertiary alicyclic amines) is 1. The minimum atomic E-state index is -0.0287. The molecule has 2 fully saturated rings. The normalized spacial score (nSPS) is 24.9. The Morgan fingerprint density at radius 3 is 2.66 bits per heavy atom. The van der Waals surface area contributed by atoms with Crippen molar-refractivity contribution in [2.24, 2.45) is 0 Å². The summed E-state index contributed by atoms with van der Waals surface area (Å²) in [5, 5.41) is 12.8. The van der Waals surface area contributed by atoms with Gasteiger partial charge in [-0.15, -0.1) is 0 Å². The maximum atomic E-state index is 12.4. The summed E-state index contributed by atoms with van der Waals surface area (Å²) in [6.07, 6.45) is 6.25. The van der Waals surface area contributed by atoms with Gasteiger partial charge in [0, 0.05) is 36.8 Å². The van der Waals surface area contributed by atoms with Crippen LogP contribution in [0.1, 0.15) is 55.8 Å². The molecule has 41 heavy (non-hydrogen) atoms. The first-order valence-corrected chi connectivity index (χ1v) is 15.0. The number of hydrogen-bond acceptors (Lipinski definition) is 7. The van der Waals surface area contributed by atoms with E-state index in [0.29, 0.717) is 37.5 Å². The van der Waals surface area contributed by atoms with Crippen molar-refractivity contribution in [3.8, 4) is 11.8 Å². The highest BCUT2D eigenvalue weighted by Crippen LogP contribution is 2.41. The summed E-state index contributed by atoms with van der Waals surface area (Å²) in [4.78, 5) is 29.1. The van der Waals surface area contributed by atoms with E-state index in [2.05, 4.69) is 55.5 Å². The van der Waals surface area contributed by atoms with Crippen LogP contribution in [0.3, 0.4) is 0 Å². The zero-order valence-corrected chi connectivity index (χ0v) is 24.4. The molecule has 216 valence electrons. The molecule has 8 heteroatoms. The second kappa shape index (κ2) is 11.3. The largest absolute Gasteiger partial charge is 0.508 e. The molecule has 1 amide bonds. The predicted octanol–water partition coefficient (Wildman–Crippen LogP) is 4.69. The van der Waals surface area contributed by atoms with E-state index in [4.69, 9.17) is 14.7 Å². The lowest BCUT2D eigenvalue weighted by Gasteiger charge is -2.46. The molecule has 2 saturated heterocycles. The Morgan fingerprint density at radius 2 is 1.93 bits per heavy atom. The fourth-order valence-corrected chi connectivity index (χ4v) is 7.19. The molecule has 4 atom stereocenters. The van der Waals surface area contributed by atoms with Crippen molar-refractivity contribution in [2.45, 2.75) is 70.0 Å². The smallest absolute Gasteiger partial charge is 0.318 e. The van der Waals surface area contributed by atoms with E-state index in [1.54, 1.807) is 0 Å². The second-order valence-electron chi connectivity index (χ2n) is 12.1. The molecule has 1 aliphatic carbocycles. The number of phenolic OH excluding ortho intramolecular Hbond substituents is 1. The number of benzene rings is 2. The van der Waals surface area contributed by atoms with Crippen LogP contribution in [0.15, 0.2) is 49.1 Å². The number of rotatable bonds is 6. The average Bonchev–Trinajstić information content (AvgIpc) is 3.38. The molecule has 1 N–H and O–H groups in total. The Bertz CT molecular complexity index is 1450. The van der Waals surface area contributed by atoms with Gasteiger partial charge < -0.3 is 24.5 Å². The Hall–Kier alpha value is -3.65. The molecular weight excluding hydrogens is 514 g/mol. The lowest BCUT2D eigenvalue weighted by Crippen LogP contribution is -2.58. The molecule has 2 aromatic carbocycles. The number of carbonyl (C=O) groups excluding carboxylic acids is 1. The number of aromatic hydroxyl groups is 1. The van der Waals surface area contributed by atoms with Gasteiger partial charge >= 0.3 is 6.01 Å². The molecule has 0 radical (unpaired) electrons. The van der Waals surface area contributed by atoms with Crippen molar-refractivity contribution >= 4 is 22.5 Å². The molecular formula is C33H41N5O3. The van der Waals surface area contributed by atoms with Crippen LogP contribution < -0.4 is 9.64 Å². The summed E-state index contributed by atoms with van der Waals surface area (Å²) in [6.45, 7) is 10.9. The summed E-state index contributed by atoms with van der Waals surface area (Å²) in [5.41, 5.74) is 3.37. The zero-order valence-electron chi connectivity index (χ0n) is 24.4. The SMILES string of the molecule is C=CC(=O)N1C[C@H](C)N(c2nc(OC[C@@H]3CCCN3C)nc3c2CCC(c2cc(O)cc4ccccc24)C3)[C@@H](C)C1. The van der Waals surface area contributed by atoms with Gasteiger partial charge in [-0.1, -0.05) is 30.8 Å². The van der Waals surface area contributed by atoms with E-state index in [1.807, 2.05) is 23.1 Å². The van der Waals surface area contributed by atoms with E-state index in [-0.39, 0.29) is 23.9 Å².